The van der Waals surface area contributed by atoms with Crippen LogP contribution in [0.4, 0.5) is 37.8 Å². The van der Waals surface area contributed by atoms with E-state index in [-0.39, 0.29) is 29.1 Å². The van der Waals surface area contributed by atoms with Crippen molar-refractivity contribution in [3.63, 3.8) is 0 Å². The topological polar surface area (TPSA) is 67.3 Å². The van der Waals surface area contributed by atoms with Gasteiger partial charge in [0, 0.05) is 10.9 Å². The minimum atomic E-state index is -4.89. The van der Waals surface area contributed by atoms with Crippen molar-refractivity contribution in [1.29, 1.82) is 0 Å². The lowest BCUT2D eigenvalue weighted by atomic mass is 10.1. The molecule has 5 nitrogen and oxygen atoms in total. The Hall–Kier alpha value is -3.08. The maximum atomic E-state index is 13.3. The summed E-state index contributed by atoms with van der Waals surface area (Å²) >= 11 is 0. The highest BCUT2D eigenvalue weighted by Crippen LogP contribution is 2.40. The zero-order chi connectivity index (χ0) is 21.4. The summed E-state index contributed by atoms with van der Waals surface area (Å²) < 4.78 is 84.0. The second kappa shape index (κ2) is 7.39. The summed E-state index contributed by atoms with van der Waals surface area (Å²) in [4.78, 5) is 7.83. The van der Waals surface area contributed by atoms with E-state index in [4.69, 9.17) is 4.74 Å². The first-order valence-electron chi connectivity index (χ1n) is 8.02. The van der Waals surface area contributed by atoms with Crippen LogP contribution in [-0.4, -0.2) is 22.2 Å². The van der Waals surface area contributed by atoms with Gasteiger partial charge in [0.2, 0.25) is 0 Å². The van der Waals surface area contributed by atoms with E-state index in [1.165, 1.54) is 19.2 Å². The molecular formula is C18H13F6N3O2. The van der Waals surface area contributed by atoms with E-state index in [0.717, 1.165) is 6.33 Å². The Kier molecular flexibility index (Phi) is 5.26. The smallest absolute Gasteiger partial charge is 0.418 e. The predicted octanol–water partition coefficient (Wildman–Crippen LogP) is 4.91. The molecule has 0 radical (unpaired) electrons. The van der Waals surface area contributed by atoms with Crippen LogP contribution in [0, 0.1) is 0 Å². The van der Waals surface area contributed by atoms with E-state index in [9.17, 15) is 31.4 Å². The third-order valence-electron chi connectivity index (χ3n) is 4.11. The molecule has 1 heterocycles. The van der Waals surface area contributed by atoms with Gasteiger partial charge in [0.05, 0.1) is 36.0 Å². The molecule has 1 aromatic heterocycles. The lowest BCUT2D eigenvalue weighted by Gasteiger charge is -2.18. The van der Waals surface area contributed by atoms with Crippen molar-refractivity contribution >= 4 is 22.4 Å². The zero-order valence-corrected chi connectivity index (χ0v) is 14.7. The number of aromatic nitrogens is 2. The normalized spacial score (nSPS) is 12.3. The second-order valence-electron chi connectivity index (χ2n) is 5.94. The van der Waals surface area contributed by atoms with Crippen LogP contribution in [0.2, 0.25) is 0 Å². The Morgan fingerprint density at radius 1 is 1.00 bits per heavy atom. The molecule has 0 atom stereocenters. The summed E-state index contributed by atoms with van der Waals surface area (Å²) in [5.41, 5.74) is -2.70. The Labute approximate surface area is 160 Å². The number of hydrogen-bond acceptors (Lipinski definition) is 5. The third kappa shape index (κ3) is 4.19. The van der Waals surface area contributed by atoms with Crippen molar-refractivity contribution in [2.75, 3.05) is 12.4 Å². The third-order valence-corrected chi connectivity index (χ3v) is 4.11. The molecule has 0 spiro atoms. The Morgan fingerprint density at radius 2 is 1.72 bits per heavy atom. The lowest BCUT2D eigenvalue weighted by molar-refractivity contribution is -0.140. The number of rotatable bonds is 4. The molecule has 154 valence electrons. The van der Waals surface area contributed by atoms with Crippen LogP contribution in [0.3, 0.4) is 0 Å². The SMILES string of the molecule is COc1cc2c(Nc3cc(C(F)(F)F)ccc3C(F)(F)F)ncnc2cc1CO. The summed E-state index contributed by atoms with van der Waals surface area (Å²) in [6, 6.07) is 3.92. The number of methoxy groups -OCH3 is 1. The number of anilines is 2. The quantitative estimate of drug-likeness (QED) is 0.591. The molecule has 0 aliphatic carbocycles. The summed E-state index contributed by atoms with van der Waals surface area (Å²) in [6.07, 6.45) is -8.68. The van der Waals surface area contributed by atoms with Gasteiger partial charge < -0.3 is 15.2 Å². The Morgan fingerprint density at radius 3 is 2.31 bits per heavy atom. The molecule has 0 aliphatic rings. The Balaban J connectivity index is 2.17. The molecule has 2 aromatic carbocycles. The molecule has 0 aliphatic heterocycles. The van der Waals surface area contributed by atoms with Crippen molar-refractivity contribution in [3.8, 4) is 5.75 Å². The predicted molar refractivity (Wildman–Crippen MR) is 91.7 cm³/mol. The van der Waals surface area contributed by atoms with Crippen molar-refractivity contribution in [1.82, 2.24) is 9.97 Å². The number of nitrogens with zero attached hydrogens (tertiary/aromatic N) is 2. The standard InChI is InChI=1S/C18H13F6N3O2/c1-29-15-6-11-13(4-9(15)7-28)25-8-26-16(11)27-14-5-10(17(19,20)21)2-3-12(14)18(22,23)24/h2-6,8,28H,7H2,1H3,(H,25,26,27). The monoisotopic (exact) mass is 417 g/mol. The van der Waals surface area contributed by atoms with Gasteiger partial charge >= 0.3 is 12.4 Å². The van der Waals surface area contributed by atoms with Crippen molar-refractivity contribution < 1.29 is 36.2 Å². The minimum absolute atomic E-state index is 0.150. The molecule has 0 saturated heterocycles. The number of hydrogen-bond donors (Lipinski definition) is 2. The summed E-state index contributed by atoms with van der Waals surface area (Å²) in [7, 11) is 1.33. The average Bonchev–Trinajstić information content (AvgIpc) is 2.65. The minimum Gasteiger partial charge on any atom is -0.496 e. The summed E-state index contributed by atoms with van der Waals surface area (Å²) in [6.45, 7) is -0.377. The van der Waals surface area contributed by atoms with E-state index < -0.39 is 29.2 Å². The number of benzene rings is 2. The zero-order valence-electron chi connectivity index (χ0n) is 14.7. The highest BCUT2D eigenvalue weighted by molar-refractivity contribution is 5.92. The first kappa shape index (κ1) is 20.6. The largest absolute Gasteiger partial charge is 0.496 e. The Bertz CT molecular complexity index is 1050. The first-order chi connectivity index (χ1) is 13.5. The molecule has 0 fully saturated rings. The van der Waals surface area contributed by atoms with Gasteiger partial charge in [-0.3, -0.25) is 0 Å². The van der Waals surface area contributed by atoms with Crippen molar-refractivity contribution in [2.45, 2.75) is 19.0 Å². The highest BCUT2D eigenvalue weighted by Gasteiger charge is 2.37. The van der Waals surface area contributed by atoms with Crippen LogP contribution in [0.1, 0.15) is 16.7 Å². The molecule has 3 rings (SSSR count). The van der Waals surface area contributed by atoms with Crippen molar-refractivity contribution in [3.05, 3.63) is 53.3 Å². The lowest BCUT2D eigenvalue weighted by Crippen LogP contribution is -2.12. The van der Waals surface area contributed by atoms with Gasteiger partial charge in [-0.25, -0.2) is 9.97 Å². The molecule has 11 heteroatoms. The van der Waals surface area contributed by atoms with E-state index in [1.807, 2.05) is 0 Å². The van der Waals surface area contributed by atoms with Crippen LogP contribution < -0.4 is 10.1 Å². The molecule has 0 amide bonds. The van der Waals surface area contributed by atoms with Gasteiger partial charge in [-0.15, -0.1) is 0 Å². The number of fused-ring (bicyclic) bond motifs is 1. The number of ether oxygens (including phenoxy) is 1. The average molecular weight is 417 g/mol. The number of aliphatic hydroxyl groups excluding tert-OH is 1. The molecule has 0 unspecified atom stereocenters. The molecular weight excluding hydrogens is 404 g/mol. The number of aliphatic hydroxyl groups is 1. The second-order valence-corrected chi connectivity index (χ2v) is 5.94. The first-order valence-corrected chi connectivity index (χ1v) is 8.02. The van der Waals surface area contributed by atoms with E-state index in [0.29, 0.717) is 23.8 Å². The molecule has 0 saturated carbocycles. The van der Waals surface area contributed by atoms with Crippen LogP contribution in [0.5, 0.6) is 5.75 Å². The number of halogens is 6. The van der Waals surface area contributed by atoms with E-state index in [1.54, 1.807) is 0 Å². The fraction of sp³-hybridized carbons (Fsp3) is 0.222. The summed E-state index contributed by atoms with van der Waals surface area (Å²) in [5, 5.41) is 11.9. The maximum Gasteiger partial charge on any atom is 0.418 e. The van der Waals surface area contributed by atoms with Gasteiger partial charge in [0.15, 0.2) is 0 Å². The van der Waals surface area contributed by atoms with Crippen LogP contribution >= 0.6 is 0 Å². The van der Waals surface area contributed by atoms with E-state index in [2.05, 4.69) is 15.3 Å². The van der Waals surface area contributed by atoms with Crippen molar-refractivity contribution in [2.24, 2.45) is 0 Å². The highest BCUT2D eigenvalue weighted by atomic mass is 19.4. The fourth-order valence-corrected chi connectivity index (χ4v) is 2.74. The van der Waals surface area contributed by atoms with Gasteiger partial charge in [-0.2, -0.15) is 26.3 Å². The van der Waals surface area contributed by atoms with Gasteiger partial charge in [0.1, 0.15) is 17.9 Å². The molecule has 29 heavy (non-hydrogen) atoms. The van der Waals surface area contributed by atoms with E-state index >= 15 is 0 Å². The number of alkyl halides is 6. The van der Waals surface area contributed by atoms with Gasteiger partial charge in [-0.1, -0.05) is 0 Å². The van der Waals surface area contributed by atoms with Crippen LogP contribution in [0.15, 0.2) is 36.7 Å². The molecule has 3 aromatic rings. The fourth-order valence-electron chi connectivity index (χ4n) is 2.74. The van der Waals surface area contributed by atoms with Crippen LogP contribution in [-0.2, 0) is 19.0 Å². The van der Waals surface area contributed by atoms with Crippen LogP contribution in [0.25, 0.3) is 10.9 Å². The number of nitrogens with one attached hydrogen (secondary N) is 1. The summed E-state index contributed by atoms with van der Waals surface area (Å²) in [5.74, 6) is 0.0700. The molecule has 0 bridgehead atoms. The van der Waals surface area contributed by atoms with Gasteiger partial charge in [-0.05, 0) is 30.3 Å². The molecule has 2 N–H and O–H groups in total. The maximum absolute atomic E-state index is 13.3. The van der Waals surface area contributed by atoms with Gasteiger partial charge in [0.25, 0.3) is 0 Å².